The molecule has 1 N–H and O–H groups in total. The predicted octanol–water partition coefficient (Wildman–Crippen LogP) is 1.71. The van der Waals surface area contributed by atoms with E-state index in [0.717, 1.165) is 43.1 Å². The van der Waals surface area contributed by atoms with Crippen molar-refractivity contribution in [2.75, 3.05) is 25.1 Å². The fourth-order valence-electron chi connectivity index (χ4n) is 2.52. The van der Waals surface area contributed by atoms with Crippen molar-refractivity contribution in [2.24, 2.45) is 0 Å². The van der Waals surface area contributed by atoms with Gasteiger partial charge in [-0.05, 0) is 44.0 Å². The van der Waals surface area contributed by atoms with Crippen LogP contribution >= 0.6 is 23.3 Å². The van der Waals surface area contributed by atoms with Gasteiger partial charge in [-0.25, -0.2) is 0 Å². The van der Waals surface area contributed by atoms with Crippen LogP contribution in [0.4, 0.5) is 0 Å². The van der Waals surface area contributed by atoms with Crippen molar-refractivity contribution in [3.05, 3.63) is 10.6 Å². The van der Waals surface area contributed by atoms with E-state index >= 15 is 0 Å². The summed E-state index contributed by atoms with van der Waals surface area (Å²) >= 11 is 2.79. The zero-order valence-electron chi connectivity index (χ0n) is 13.0. The Morgan fingerprint density at radius 3 is 2.95 bits per heavy atom. The molecule has 6 nitrogen and oxygen atoms in total. The maximum Gasteiger partial charge on any atom is 0.265 e. The van der Waals surface area contributed by atoms with Crippen LogP contribution in [0.15, 0.2) is 0 Å². The van der Waals surface area contributed by atoms with Crippen LogP contribution in [0.1, 0.15) is 41.0 Å². The lowest BCUT2D eigenvalue weighted by Crippen LogP contribution is -2.44. The first-order chi connectivity index (χ1) is 10.6. The van der Waals surface area contributed by atoms with Gasteiger partial charge in [0.05, 0.1) is 5.69 Å². The topological polar surface area (TPSA) is 75.2 Å². The van der Waals surface area contributed by atoms with Crippen molar-refractivity contribution in [3.8, 4) is 0 Å². The molecule has 22 heavy (non-hydrogen) atoms. The molecule has 1 aromatic heterocycles. The minimum Gasteiger partial charge on any atom is -0.347 e. The molecule has 1 aromatic rings. The monoisotopic (exact) mass is 342 g/mol. The van der Waals surface area contributed by atoms with Crippen molar-refractivity contribution < 1.29 is 9.59 Å². The zero-order valence-corrected chi connectivity index (χ0v) is 14.6. The Morgan fingerprint density at radius 2 is 2.27 bits per heavy atom. The zero-order chi connectivity index (χ0) is 15.9. The Hall–Kier alpha value is -1.15. The fourth-order valence-corrected chi connectivity index (χ4v) is 3.46. The maximum absolute atomic E-state index is 12.3. The second-order valence-corrected chi connectivity index (χ2v) is 7.18. The van der Waals surface area contributed by atoms with Crippen molar-refractivity contribution >= 4 is 35.1 Å². The summed E-state index contributed by atoms with van der Waals surface area (Å²) in [6.45, 7) is 3.18. The number of hydrogen-bond donors (Lipinski definition) is 1. The molecule has 0 spiro atoms. The number of hydrogen-bond acceptors (Lipinski definition) is 6. The predicted molar refractivity (Wildman–Crippen MR) is 89.3 cm³/mol. The first-order valence-corrected chi connectivity index (χ1v) is 9.65. The van der Waals surface area contributed by atoms with Gasteiger partial charge in [-0.15, -0.1) is 5.10 Å². The van der Waals surface area contributed by atoms with Gasteiger partial charge in [0, 0.05) is 31.3 Å². The third kappa shape index (κ3) is 4.67. The Balaban J connectivity index is 1.94. The van der Waals surface area contributed by atoms with Crippen LogP contribution in [-0.4, -0.2) is 57.4 Å². The number of nitrogens with zero attached hydrogens (tertiary/aromatic N) is 3. The van der Waals surface area contributed by atoms with Gasteiger partial charge in [0.15, 0.2) is 0 Å². The van der Waals surface area contributed by atoms with Gasteiger partial charge in [0.1, 0.15) is 4.88 Å². The van der Waals surface area contributed by atoms with E-state index in [9.17, 15) is 9.59 Å². The molecular weight excluding hydrogens is 320 g/mol. The van der Waals surface area contributed by atoms with Crippen molar-refractivity contribution in [1.82, 2.24) is 19.8 Å². The molecule has 0 bridgehead atoms. The molecule has 1 saturated heterocycles. The van der Waals surface area contributed by atoms with Gasteiger partial charge in [0.25, 0.3) is 5.91 Å². The molecular formula is C14H22N4O2S2. The molecule has 1 atom stereocenters. The number of aromatic nitrogens is 2. The number of carbonyl (C=O) groups excluding carboxylic acids is 2. The highest BCUT2D eigenvalue weighted by Gasteiger charge is 2.24. The molecule has 2 rings (SSSR count). The third-order valence-electron chi connectivity index (χ3n) is 3.74. The number of rotatable bonds is 5. The minimum atomic E-state index is -0.129. The van der Waals surface area contributed by atoms with E-state index in [1.54, 1.807) is 18.7 Å². The Kier molecular flexibility index (Phi) is 6.63. The van der Waals surface area contributed by atoms with Gasteiger partial charge < -0.3 is 10.2 Å². The smallest absolute Gasteiger partial charge is 0.265 e. The van der Waals surface area contributed by atoms with E-state index in [2.05, 4.69) is 14.9 Å². The number of thioether (sulfide) groups is 1. The number of likely N-dealkylation sites (tertiary alicyclic amines) is 1. The van der Waals surface area contributed by atoms with Crippen LogP contribution in [0.5, 0.6) is 0 Å². The standard InChI is InChI=1S/C14H22N4O2S2/c1-10-13(22-17-16-10)14(20)15-11-5-3-4-7-18(9-11)12(19)6-8-21-2/h11H,3-9H2,1-2H3,(H,15,20). The molecule has 0 aliphatic carbocycles. The van der Waals surface area contributed by atoms with E-state index < -0.39 is 0 Å². The van der Waals surface area contributed by atoms with Gasteiger partial charge >= 0.3 is 0 Å². The van der Waals surface area contributed by atoms with Crippen molar-refractivity contribution in [2.45, 2.75) is 38.6 Å². The molecule has 0 aromatic carbocycles. The van der Waals surface area contributed by atoms with Gasteiger partial charge in [-0.1, -0.05) is 4.49 Å². The van der Waals surface area contributed by atoms with Gasteiger partial charge in [-0.3, -0.25) is 9.59 Å². The van der Waals surface area contributed by atoms with Crippen LogP contribution in [-0.2, 0) is 4.79 Å². The highest BCUT2D eigenvalue weighted by atomic mass is 32.2. The molecule has 1 unspecified atom stereocenters. The molecule has 8 heteroatoms. The van der Waals surface area contributed by atoms with E-state index in [1.807, 2.05) is 11.2 Å². The lowest BCUT2D eigenvalue weighted by atomic mass is 10.1. The molecule has 1 fully saturated rings. The molecule has 2 amide bonds. The number of aryl methyl sites for hydroxylation is 1. The van der Waals surface area contributed by atoms with Crippen LogP contribution in [0, 0.1) is 6.92 Å². The van der Waals surface area contributed by atoms with Crippen LogP contribution in [0.2, 0.25) is 0 Å². The summed E-state index contributed by atoms with van der Waals surface area (Å²) in [6, 6.07) is 0.00901. The van der Waals surface area contributed by atoms with Crippen molar-refractivity contribution in [1.29, 1.82) is 0 Å². The van der Waals surface area contributed by atoms with Crippen LogP contribution < -0.4 is 5.32 Å². The maximum atomic E-state index is 12.3. The normalized spacial score (nSPS) is 18.8. The lowest BCUT2D eigenvalue weighted by Gasteiger charge is -2.25. The SMILES string of the molecule is CSCCC(=O)N1CCCCC(NC(=O)c2snnc2C)C1. The highest BCUT2D eigenvalue weighted by Crippen LogP contribution is 2.15. The summed E-state index contributed by atoms with van der Waals surface area (Å²) in [4.78, 5) is 26.9. The first-order valence-electron chi connectivity index (χ1n) is 7.48. The Labute approximate surface area is 139 Å². The molecule has 2 heterocycles. The average molecular weight is 342 g/mol. The minimum absolute atomic E-state index is 0.00901. The van der Waals surface area contributed by atoms with Crippen LogP contribution in [0.3, 0.4) is 0 Å². The average Bonchev–Trinajstić information content (AvgIpc) is 2.79. The Bertz CT molecular complexity index is 521. The number of amides is 2. The van der Waals surface area contributed by atoms with Crippen LogP contribution in [0.25, 0.3) is 0 Å². The second-order valence-electron chi connectivity index (χ2n) is 5.44. The van der Waals surface area contributed by atoms with Gasteiger partial charge in [-0.2, -0.15) is 11.8 Å². The summed E-state index contributed by atoms with van der Waals surface area (Å²) < 4.78 is 3.80. The van der Waals surface area contributed by atoms with E-state index in [0.29, 0.717) is 23.5 Å². The lowest BCUT2D eigenvalue weighted by molar-refractivity contribution is -0.130. The molecule has 1 aliphatic rings. The summed E-state index contributed by atoms with van der Waals surface area (Å²) in [6.07, 6.45) is 5.50. The second kappa shape index (κ2) is 8.47. The van der Waals surface area contributed by atoms with E-state index in [1.165, 1.54) is 0 Å². The van der Waals surface area contributed by atoms with E-state index in [4.69, 9.17) is 0 Å². The van der Waals surface area contributed by atoms with Gasteiger partial charge in [0.2, 0.25) is 5.91 Å². The Morgan fingerprint density at radius 1 is 1.45 bits per heavy atom. The third-order valence-corrected chi connectivity index (χ3v) is 5.18. The summed E-state index contributed by atoms with van der Waals surface area (Å²) in [5.41, 5.74) is 0.657. The highest BCUT2D eigenvalue weighted by molar-refractivity contribution is 7.98. The molecule has 0 radical (unpaired) electrons. The summed E-state index contributed by atoms with van der Waals surface area (Å²) in [5.74, 6) is 0.903. The molecule has 0 saturated carbocycles. The number of nitrogens with one attached hydrogen (secondary N) is 1. The van der Waals surface area contributed by atoms with Crippen molar-refractivity contribution in [3.63, 3.8) is 0 Å². The van der Waals surface area contributed by atoms with E-state index in [-0.39, 0.29) is 17.9 Å². The first kappa shape index (κ1) is 17.2. The fraction of sp³-hybridized carbons (Fsp3) is 0.714. The summed E-state index contributed by atoms with van der Waals surface area (Å²) in [7, 11) is 0. The quantitative estimate of drug-likeness (QED) is 0.882. The molecule has 1 aliphatic heterocycles. The summed E-state index contributed by atoms with van der Waals surface area (Å²) in [5, 5.41) is 6.90. The largest absolute Gasteiger partial charge is 0.347 e. The number of carbonyl (C=O) groups is 2. The molecule has 122 valence electrons.